The first-order valence-electron chi connectivity index (χ1n) is 13.4. The maximum absolute atomic E-state index is 13.8. The van der Waals surface area contributed by atoms with Crippen LogP contribution < -0.4 is 13.8 Å². The molecular formula is C27H26N6O8S2. The summed E-state index contributed by atoms with van der Waals surface area (Å²) in [5, 5.41) is 24.9. The Labute approximate surface area is 250 Å². The zero-order valence-electron chi connectivity index (χ0n) is 22.9. The van der Waals surface area contributed by atoms with E-state index in [1.54, 1.807) is 11.3 Å². The molecule has 0 bridgehead atoms. The fourth-order valence-corrected chi connectivity index (χ4v) is 7.93. The van der Waals surface area contributed by atoms with Crippen LogP contribution in [0, 0.1) is 27.2 Å². The molecule has 1 saturated heterocycles. The quantitative estimate of drug-likeness (QED) is 0.190. The number of nitrogens with zero attached hydrogens (tertiary/aromatic N) is 6. The predicted octanol–water partition coefficient (Wildman–Crippen LogP) is 4.41. The highest BCUT2D eigenvalue weighted by Crippen LogP contribution is 2.36. The van der Waals surface area contributed by atoms with Gasteiger partial charge in [-0.05, 0) is 48.4 Å². The van der Waals surface area contributed by atoms with Crippen LogP contribution in [0.4, 0.5) is 17.2 Å². The molecule has 14 nitrogen and oxygen atoms in total. The molecule has 1 fully saturated rings. The molecular weight excluding hydrogens is 600 g/mol. The SMILES string of the molecule is Cc1csc2c(N3CCC(N(CC4Cc5ccccc5O4)S(=O)(=O)Oc4ccc([N+](=O)[O-])cc4[N+](=O)[O-])CC3)ncnc12. The maximum atomic E-state index is 13.8. The molecule has 4 aromatic rings. The lowest BCUT2D eigenvalue weighted by Crippen LogP contribution is -2.51. The van der Waals surface area contributed by atoms with E-state index in [1.165, 1.54) is 10.6 Å². The number of nitro benzene ring substituents is 2. The van der Waals surface area contributed by atoms with Crippen LogP contribution >= 0.6 is 11.3 Å². The van der Waals surface area contributed by atoms with Gasteiger partial charge in [0, 0.05) is 31.6 Å². The molecule has 0 aliphatic carbocycles. The van der Waals surface area contributed by atoms with Gasteiger partial charge in [0.15, 0.2) is 0 Å². The van der Waals surface area contributed by atoms with Gasteiger partial charge in [0.2, 0.25) is 5.75 Å². The first-order valence-corrected chi connectivity index (χ1v) is 15.7. The van der Waals surface area contributed by atoms with Crippen LogP contribution in [0.2, 0.25) is 0 Å². The molecule has 4 heterocycles. The van der Waals surface area contributed by atoms with Crippen molar-refractivity contribution in [2.45, 2.75) is 38.3 Å². The number of hydrogen-bond acceptors (Lipinski definition) is 12. The summed E-state index contributed by atoms with van der Waals surface area (Å²) in [4.78, 5) is 32.1. The van der Waals surface area contributed by atoms with Crippen molar-refractivity contribution >= 4 is 49.1 Å². The van der Waals surface area contributed by atoms with Gasteiger partial charge in [-0.15, -0.1) is 11.3 Å². The largest absolute Gasteiger partial charge is 0.488 e. The Morgan fingerprint density at radius 1 is 1.12 bits per heavy atom. The van der Waals surface area contributed by atoms with E-state index in [-0.39, 0.29) is 6.54 Å². The Kier molecular flexibility index (Phi) is 7.57. The highest BCUT2D eigenvalue weighted by molar-refractivity contribution is 7.84. The molecule has 2 aromatic heterocycles. The van der Waals surface area contributed by atoms with Gasteiger partial charge >= 0.3 is 16.0 Å². The van der Waals surface area contributed by atoms with Crippen LogP contribution in [-0.4, -0.2) is 64.3 Å². The van der Waals surface area contributed by atoms with Crippen molar-refractivity contribution in [3.8, 4) is 11.5 Å². The summed E-state index contributed by atoms with van der Waals surface area (Å²) in [5.41, 5.74) is 1.52. The number of thiophene rings is 1. The molecule has 43 heavy (non-hydrogen) atoms. The highest BCUT2D eigenvalue weighted by Gasteiger charge is 2.39. The van der Waals surface area contributed by atoms with Crippen LogP contribution in [0.15, 0.2) is 54.2 Å². The van der Waals surface area contributed by atoms with Gasteiger partial charge in [-0.2, -0.15) is 12.7 Å². The molecule has 0 N–H and O–H groups in total. The maximum Gasteiger partial charge on any atom is 0.385 e. The number of para-hydroxylation sites is 1. The third-order valence-corrected chi connectivity index (χ3v) is 10.1. The summed E-state index contributed by atoms with van der Waals surface area (Å²) >= 11 is 1.56. The Morgan fingerprint density at radius 2 is 1.88 bits per heavy atom. The minimum absolute atomic E-state index is 0.0513. The van der Waals surface area contributed by atoms with Gasteiger partial charge in [0.1, 0.15) is 24.0 Å². The molecule has 6 rings (SSSR count). The zero-order valence-corrected chi connectivity index (χ0v) is 24.5. The molecule has 16 heteroatoms. The van der Waals surface area contributed by atoms with Gasteiger partial charge < -0.3 is 13.8 Å². The minimum atomic E-state index is -4.62. The summed E-state index contributed by atoms with van der Waals surface area (Å²) < 4.78 is 41.3. The molecule has 1 unspecified atom stereocenters. The Bertz CT molecular complexity index is 1800. The number of rotatable bonds is 9. The number of ether oxygens (including phenoxy) is 1. The number of non-ortho nitro benzene ring substituents is 1. The minimum Gasteiger partial charge on any atom is -0.488 e. The number of piperidine rings is 1. The third-order valence-electron chi connectivity index (χ3n) is 7.61. The van der Waals surface area contributed by atoms with Gasteiger partial charge in [0.25, 0.3) is 5.69 Å². The van der Waals surface area contributed by atoms with E-state index in [1.807, 2.05) is 36.6 Å². The molecule has 0 saturated carbocycles. The first kappa shape index (κ1) is 28.7. The van der Waals surface area contributed by atoms with Crippen LogP contribution in [0.1, 0.15) is 24.0 Å². The third kappa shape index (κ3) is 5.68. The summed E-state index contributed by atoms with van der Waals surface area (Å²) in [6, 6.07) is 9.52. The predicted molar refractivity (Wildman–Crippen MR) is 158 cm³/mol. The monoisotopic (exact) mass is 626 g/mol. The van der Waals surface area contributed by atoms with Gasteiger partial charge in [-0.25, -0.2) is 9.97 Å². The Balaban J connectivity index is 1.27. The number of hydrogen-bond donors (Lipinski definition) is 0. The average Bonchev–Trinajstić information content (AvgIpc) is 3.58. The summed E-state index contributed by atoms with van der Waals surface area (Å²) in [6.07, 6.45) is 2.37. The van der Waals surface area contributed by atoms with E-state index in [4.69, 9.17) is 8.92 Å². The second kappa shape index (κ2) is 11.3. The molecule has 2 aliphatic rings. The summed E-state index contributed by atoms with van der Waals surface area (Å²) in [5.74, 6) is 0.860. The van der Waals surface area contributed by atoms with Crippen molar-refractivity contribution < 1.29 is 27.2 Å². The lowest BCUT2D eigenvalue weighted by molar-refractivity contribution is -0.394. The van der Waals surface area contributed by atoms with Crippen LogP contribution in [0.3, 0.4) is 0 Å². The second-order valence-electron chi connectivity index (χ2n) is 10.3. The van der Waals surface area contributed by atoms with E-state index in [0.29, 0.717) is 44.2 Å². The number of nitro groups is 2. The molecule has 1 atom stereocenters. The van der Waals surface area contributed by atoms with Crippen molar-refractivity contribution in [1.29, 1.82) is 0 Å². The van der Waals surface area contributed by atoms with E-state index in [9.17, 15) is 28.6 Å². The number of anilines is 1. The second-order valence-corrected chi connectivity index (χ2v) is 12.7. The molecule has 0 spiro atoms. The van der Waals surface area contributed by atoms with Gasteiger partial charge in [-0.1, -0.05) is 18.2 Å². The number of fused-ring (bicyclic) bond motifs is 2. The van der Waals surface area contributed by atoms with Crippen molar-refractivity contribution in [2.75, 3.05) is 24.5 Å². The standard InChI is InChI=1S/C27H26N6O8S2/c1-17-15-42-26-25(17)28-16-29-27(26)30-10-8-19(9-11-30)31(14-21-12-18-4-2-3-5-23(18)40-21)43(38,39)41-24-7-6-20(32(34)35)13-22(24)33(36)37/h2-7,13,15-16,19,21H,8-12,14H2,1H3. The molecule has 0 radical (unpaired) electrons. The van der Waals surface area contributed by atoms with E-state index in [0.717, 1.165) is 39.3 Å². The number of benzene rings is 2. The molecule has 2 aliphatic heterocycles. The van der Waals surface area contributed by atoms with Crippen LogP contribution in [0.5, 0.6) is 11.5 Å². The fourth-order valence-electron chi connectivity index (χ4n) is 5.52. The average molecular weight is 627 g/mol. The van der Waals surface area contributed by atoms with E-state index in [2.05, 4.69) is 14.9 Å². The highest BCUT2D eigenvalue weighted by atomic mass is 32.2. The summed E-state index contributed by atoms with van der Waals surface area (Å²) in [7, 11) is -4.62. The van der Waals surface area contributed by atoms with Crippen molar-refractivity contribution in [3.05, 3.63) is 85.5 Å². The fraction of sp³-hybridized carbons (Fsp3) is 0.333. The van der Waals surface area contributed by atoms with Gasteiger partial charge in [-0.3, -0.25) is 20.2 Å². The van der Waals surface area contributed by atoms with Crippen molar-refractivity contribution in [3.63, 3.8) is 0 Å². The number of aryl methyl sites for hydroxylation is 1. The summed E-state index contributed by atoms with van der Waals surface area (Å²) in [6.45, 7) is 2.94. The first-order chi connectivity index (χ1) is 20.6. The van der Waals surface area contributed by atoms with Crippen LogP contribution in [0.25, 0.3) is 10.2 Å². The lowest BCUT2D eigenvalue weighted by atomic mass is 10.0. The van der Waals surface area contributed by atoms with Crippen molar-refractivity contribution in [1.82, 2.24) is 14.3 Å². The van der Waals surface area contributed by atoms with Crippen molar-refractivity contribution in [2.24, 2.45) is 0 Å². The zero-order chi connectivity index (χ0) is 30.3. The molecule has 2 aromatic carbocycles. The van der Waals surface area contributed by atoms with Gasteiger partial charge in [0.05, 0.1) is 32.7 Å². The topological polar surface area (TPSA) is 171 Å². The Hall–Kier alpha value is -4.41. The van der Waals surface area contributed by atoms with E-state index >= 15 is 0 Å². The number of aromatic nitrogens is 2. The molecule has 0 amide bonds. The van der Waals surface area contributed by atoms with Crippen LogP contribution in [-0.2, 0) is 16.7 Å². The lowest BCUT2D eigenvalue weighted by Gasteiger charge is -2.38. The van der Waals surface area contributed by atoms with E-state index < -0.39 is 49.4 Å². The Morgan fingerprint density at radius 3 is 2.60 bits per heavy atom. The molecule has 224 valence electrons. The smallest absolute Gasteiger partial charge is 0.385 e. The normalized spacial score (nSPS) is 17.2.